The van der Waals surface area contributed by atoms with Crippen LogP contribution in [0.1, 0.15) is 29.5 Å². The molecule has 0 saturated carbocycles. The Morgan fingerprint density at radius 2 is 1.44 bits per heavy atom. The summed E-state index contributed by atoms with van der Waals surface area (Å²) in [4.78, 5) is 27.2. The molecule has 39 heavy (non-hydrogen) atoms. The third-order valence-electron chi connectivity index (χ3n) is 7.18. The van der Waals surface area contributed by atoms with Crippen LogP contribution in [0, 0.1) is 16.0 Å². The number of carboxylic acid groups (broad SMARTS) is 1. The van der Waals surface area contributed by atoms with Gasteiger partial charge in [0.2, 0.25) is 0 Å². The van der Waals surface area contributed by atoms with E-state index < -0.39 is 46.0 Å². The van der Waals surface area contributed by atoms with Crippen molar-refractivity contribution >= 4 is 23.0 Å². The Hall–Kier alpha value is -3.55. The molecule has 212 valence electrons. The number of piperidine rings is 1. The summed E-state index contributed by atoms with van der Waals surface area (Å²) >= 11 is 0. The quantitative estimate of drug-likeness (QED) is 0.293. The molecule has 2 fully saturated rings. The largest absolute Gasteiger partial charge is 0.481 e. The van der Waals surface area contributed by atoms with Crippen molar-refractivity contribution in [2.75, 3.05) is 49.1 Å². The van der Waals surface area contributed by atoms with Crippen LogP contribution in [0.15, 0.2) is 36.4 Å². The number of carboxylic acids is 1. The first kappa shape index (κ1) is 28.5. The fourth-order valence-electron chi connectivity index (χ4n) is 5.03. The predicted molar refractivity (Wildman–Crippen MR) is 130 cm³/mol. The molecular formula is C25H26F6N4O4. The number of hydrogen-bond acceptors (Lipinski definition) is 6. The lowest BCUT2D eigenvalue weighted by Crippen LogP contribution is -2.46. The number of piperazine rings is 1. The molecule has 0 atom stereocenters. The molecule has 0 bridgehead atoms. The van der Waals surface area contributed by atoms with E-state index in [4.69, 9.17) is 0 Å². The topological polar surface area (TPSA) is 90.2 Å². The molecule has 0 amide bonds. The van der Waals surface area contributed by atoms with Gasteiger partial charge < -0.3 is 14.9 Å². The molecule has 2 heterocycles. The van der Waals surface area contributed by atoms with Crippen molar-refractivity contribution in [2.45, 2.75) is 31.7 Å². The van der Waals surface area contributed by atoms with Crippen molar-refractivity contribution in [1.29, 1.82) is 0 Å². The highest BCUT2D eigenvalue weighted by molar-refractivity contribution is 5.75. The number of nitro benzene ring substituents is 1. The second-order valence-electron chi connectivity index (χ2n) is 9.67. The molecule has 0 spiro atoms. The molecule has 4 rings (SSSR count). The van der Waals surface area contributed by atoms with Crippen molar-refractivity contribution in [3.05, 3.63) is 63.2 Å². The first-order valence-corrected chi connectivity index (χ1v) is 12.2. The van der Waals surface area contributed by atoms with E-state index in [0.29, 0.717) is 31.3 Å². The summed E-state index contributed by atoms with van der Waals surface area (Å²) in [6.45, 7) is 1.78. The zero-order chi connectivity index (χ0) is 28.5. The summed E-state index contributed by atoms with van der Waals surface area (Å²) in [5.74, 6) is -1.67. The number of alkyl halides is 6. The zero-order valence-corrected chi connectivity index (χ0v) is 20.6. The van der Waals surface area contributed by atoms with E-state index in [1.165, 1.54) is 23.1 Å². The average molecular weight is 560 g/mol. The SMILES string of the molecule is O=C(O)C1CCN(c2cc(N3CCN(Cc4ccc(C(F)(F)F)cc4)CC3)c([N+](=O)[O-])cc2C(F)(F)F)CC1. The van der Waals surface area contributed by atoms with Gasteiger partial charge in [0.15, 0.2) is 0 Å². The van der Waals surface area contributed by atoms with Crippen molar-refractivity contribution in [3.63, 3.8) is 0 Å². The lowest BCUT2D eigenvalue weighted by molar-refractivity contribution is -0.384. The molecule has 0 aromatic heterocycles. The van der Waals surface area contributed by atoms with Gasteiger partial charge in [-0.2, -0.15) is 26.3 Å². The van der Waals surface area contributed by atoms with Crippen LogP contribution in [0.4, 0.5) is 43.4 Å². The Kier molecular flexibility index (Phi) is 7.96. The van der Waals surface area contributed by atoms with Crippen LogP contribution in [0.2, 0.25) is 0 Å². The Bertz CT molecular complexity index is 1200. The van der Waals surface area contributed by atoms with Gasteiger partial charge in [-0.25, -0.2) is 0 Å². The Morgan fingerprint density at radius 1 is 0.872 bits per heavy atom. The molecule has 0 unspecified atom stereocenters. The van der Waals surface area contributed by atoms with Crippen LogP contribution < -0.4 is 9.80 Å². The van der Waals surface area contributed by atoms with Crippen LogP contribution >= 0.6 is 0 Å². The molecule has 2 aliphatic heterocycles. The van der Waals surface area contributed by atoms with Gasteiger partial charge in [-0.05, 0) is 36.6 Å². The van der Waals surface area contributed by atoms with E-state index in [2.05, 4.69) is 0 Å². The van der Waals surface area contributed by atoms with E-state index in [0.717, 1.165) is 12.1 Å². The molecule has 2 aliphatic rings. The lowest BCUT2D eigenvalue weighted by atomic mass is 9.95. The second-order valence-corrected chi connectivity index (χ2v) is 9.67. The van der Waals surface area contributed by atoms with E-state index in [1.807, 2.05) is 4.90 Å². The highest BCUT2D eigenvalue weighted by Gasteiger charge is 2.40. The first-order chi connectivity index (χ1) is 18.2. The number of nitrogens with zero attached hydrogens (tertiary/aromatic N) is 4. The summed E-state index contributed by atoms with van der Waals surface area (Å²) < 4.78 is 80.3. The van der Waals surface area contributed by atoms with E-state index in [1.54, 1.807) is 4.90 Å². The minimum Gasteiger partial charge on any atom is -0.481 e. The number of nitro groups is 1. The van der Waals surface area contributed by atoms with Gasteiger partial charge in [-0.1, -0.05) is 12.1 Å². The molecular weight excluding hydrogens is 534 g/mol. The molecule has 1 N–H and O–H groups in total. The van der Waals surface area contributed by atoms with Gasteiger partial charge >= 0.3 is 18.3 Å². The van der Waals surface area contributed by atoms with Gasteiger partial charge in [0.05, 0.1) is 27.7 Å². The van der Waals surface area contributed by atoms with Gasteiger partial charge in [0, 0.05) is 51.9 Å². The van der Waals surface area contributed by atoms with Crippen LogP contribution in [0.5, 0.6) is 0 Å². The predicted octanol–water partition coefficient (Wildman–Crippen LogP) is 5.26. The summed E-state index contributed by atoms with van der Waals surface area (Å²) in [6.07, 6.45) is -8.99. The molecule has 2 saturated heterocycles. The van der Waals surface area contributed by atoms with Crippen molar-refractivity contribution in [2.24, 2.45) is 5.92 Å². The smallest absolute Gasteiger partial charge is 0.418 e. The number of rotatable bonds is 6. The van der Waals surface area contributed by atoms with Crippen molar-refractivity contribution in [3.8, 4) is 0 Å². The minimum atomic E-state index is -4.86. The fourth-order valence-corrected chi connectivity index (χ4v) is 5.03. The zero-order valence-electron chi connectivity index (χ0n) is 20.6. The third-order valence-corrected chi connectivity index (χ3v) is 7.18. The van der Waals surface area contributed by atoms with Crippen LogP contribution in [-0.2, 0) is 23.7 Å². The summed E-state index contributed by atoms with van der Waals surface area (Å²) in [6, 6.07) is 6.48. The van der Waals surface area contributed by atoms with Crippen LogP contribution in [0.3, 0.4) is 0 Å². The fraction of sp³-hybridized carbons (Fsp3) is 0.480. The number of aliphatic carboxylic acids is 1. The summed E-state index contributed by atoms with van der Waals surface area (Å²) in [5, 5.41) is 21.0. The first-order valence-electron chi connectivity index (χ1n) is 12.2. The third kappa shape index (κ3) is 6.54. The maximum absolute atomic E-state index is 13.9. The highest BCUT2D eigenvalue weighted by atomic mass is 19.4. The molecule has 0 radical (unpaired) electrons. The number of carbonyl (C=O) groups is 1. The Morgan fingerprint density at radius 3 is 1.92 bits per heavy atom. The standard InChI is InChI=1S/C25H26F6N4O4/c26-24(27,28)18-3-1-16(2-4-18)15-32-9-11-34(12-10-32)21-14-20(33-7-5-17(6-8-33)23(36)37)19(25(29,30)31)13-22(21)35(38)39/h1-4,13-14,17H,5-12,15H2,(H,36,37). The van der Waals surface area contributed by atoms with Gasteiger partial charge in [-0.15, -0.1) is 0 Å². The number of benzene rings is 2. The van der Waals surface area contributed by atoms with E-state index >= 15 is 0 Å². The Balaban J connectivity index is 1.54. The lowest BCUT2D eigenvalue weighted by Gasteiger charge is -2.37. The van der Waals surface area contributed by atoms with Gasteiger partial charge in [0.1, 0.15) is 5.69 Å². The molecule has 8 nitrogen and oxygen atoms in total. The molecule has 14 heteroatoms. The van der Waals surface area contributed by atoms with Gasteiger partial charge in [-0.3, -0.25) is 19.8 Å². The minimum absolute atomic E-state index is 0.0394. The van der Waals surface area contributed by atoms with E-state index in [-0.39, 0.29) is 50.4 Å². The summed E-state index contributed by atoms with van der Waals surface area (Å²) in [5.41, 5.74) is -2.11. The molecule has 0 aliphatic carbocycles. The number of halogens is 6. The van der Waals surface area contributed by atoms with E-state index in [9.17, 15) is 46.4 Å². The molecule has 2 aromatic carbocycles. The maximum Gasteiger partial charge on any atom is 0.418 e. The number of hydrogen-bond donors (Lipinski definition) is 1. The van der Waals surface area contributed by atoms with Gasteiger partial charge in [0.25, 0.3) is 5.69 Å². The summed E-state index contributed by atoms with van der Waals surface area (Å²) in [7, 11) is 0. The number of anilines is 2. The average Bonchev–Trinajstić information content (AvgIpc) is 2.87. The normalized spacial score (nSPS) is 17.9. The monoisotopic (exact) mass is 560 g/mol. The second kappa shape index (κ2) is 10.9. The Labute approximate surface area is 219 Å². The molecule has 2 aromatic rings. The van der Waals surface area contributed by atoms with Crippen molar-refractivity contribution < 1.29 is 41.2 Å². The highest BCUT2D eigenvalue weighted by Crippen LogP contribution is 2.44. The van der Waals surface area contributed by atoms with Crippen LogP contribution in [-0.4, -0.2) is 60.2 Å². The maximum atomic E-state index is 13.9. The van der Waals surface area contributed by atoms with Crippen LogP contribution in [0.25, 0.3) is 0 Å². The van der Waals surface area contributed by atoms with Crippen molar-refractivity contribution in [1.82, 2.24) is 4.90 Å².